The Labute approximate surface area is 91.0 Å². The minimum atomic E-state index is -3.37. The first-order valence-electron chi connectivity index (χ1n) is 4.82. The predicted molar refractivity (Wildman–Crippen MR) is 58.2 cm³/mol. The van der Waals surface area contributed by atoms with Crippen molar-refractivity contribution in [1.82, 2.24) is 4.90 Å². The molecule has 0 saturated carbocycles. The Morgan fingerprint density at radius 2 is 1.80 bits per heavy atom. The van der Waals surface area contributed by atoms with Gasteiger partial charge in [0.25, 0.3) is 0 Å². The molecule has 1 unspecified atom stereocenters. The Balaban J connectivity index is 4.79. The standard InChI is InChI=1S/C9H19NO4S/c1-7(2)10(5-6-11)9(12)8(3)15(4,13)14/h7-8,11H,5-6H2,1-4H3. The largest absolute Gasteiger partial charge is 0.395 e. The number of nitrogens with zero attached hydrogens (tertiary/aromatic N) is 1. The van der Waals surface area contributed by atoms with Crippen LogP contribution in [0.1, 0.15) is 20.8 Å². The molecule has 0 radical (unpaired) electrons. The van der Waals surface area contributed by atoms with Crippen LogP contribution in [0.15, 0.2) is 0 Å². The molecule has 1 N–H and O–H groups in total. The zero-order chi connectivity index (χ0) is 12.2. The van der Waals surface area contributed by atoms with Crippen LogP contribution in [-0.2, 0) is 14.6 Å². The van der Waals surface area contributed by atoms with Gasteiger partial charge in [-0.3, -0.25) is 4.79 Å². The van der Waals surface area contributed by atoms with Crippen molar-refractivity contribution < 1.29 is 18.3 Å². The van der Waals surface area contributed by atoms with E-state index in [1.165, 1.54) is 11.8 Å². The van der Waals surface area contributed by atoms with Crippen molar-refractivity contribution in [3.63, 3.8) is 0 Å². The van der Waals surface area contributed by atoms with Crippen molar-refractivity contribution in [3.05, 3.63) is 0 Å². The molecule has 0 rings (SSSR count). The number of amides is 1. The summed E-state index contributed by atoms with van der Waals surface area (Å²) in [6.45, 7) is 4.92. The fourth-order valence-corrected chi connectivity index (χ4v) is 1.65. The Morgan fingerprint density at radius 3 is 2.07 bits per heavy atom. The summed E-state index contributed by atoms with van der Waals surface area (Å²) >= 11 is 0. The van der Waals surface area contributed by atoms with Gasteiger partial charge in [-0.2, -0.15) is 0 Å². The van der Waals surface area contributed by atoms with E-state index in [1.807, 2.05) is 0 Å². The Kier molecular flexibility index (Phi) is 5.23. The zero-order valence-electron chi connectivity index (χ0n) is 9.60. The Morgan fingerprint density at radius 1 is 1.33 bits per heavy atom. The van der Waals surface area contributed by atoms with Crippen molar-refractivity contribution in [2.24, 2.45) is 0 Å². The van der Waals surface area contributed by atoms with Crippen molar-refractivity contribution in [2.45, 2.75) is 32.1 Å². The van der Waals surface area contributed by atoms with Crippen molar-refractivity contribution >= 4 is 15.7 Å². The first-order chi connectivity index (χ1) is 6.71. The Hall–Kier alpha value is -0.620. The number of aliphatic hydroxyl groups excluding tert-OH is 1. The number of carbonyl (C=O) groups excluding carboxylic acids is 1. The Bertz CT molecular complexity index is 310. The van der Waals surface area contributed by atoms with Crippen molar-refractivity contribution in [3.8, 4) is 0 Å². The highest BCUT2D eigenvalue weighted by molar-refractivity contribution is 7.92. The molecule has 5 nitrogen and oxygen atoms in total. The van der Waals surface area contributed by atoms with Crippen molar-refractivity contribution in [1.29, 1.82) is 0 Å². The summed E-state index contributed by atoms with van der Waals surface area (Å²) in [5.41, 5.74) is 0. The van der Waals surface area contributed by atoms with Crippen LogP contribution >= 0.6 is 0 Å². The van der Waals surface area contributed by atoms with Gasteiger partial charge in [0.2, 0.25) is 5.91 Å². The molecule has 0 aromatic rings. The van der Waals surface area contributed by atoms with Gasteiger partial charge in [0.05, 0.1) is 6.61 Å². The normalized spacial score (nSPS) is 14.0. The van der Waals surface area contributed by atoms with Gasteiger partial charge in [-0.25, -0.2) is 8.42 Å². The highest BCUT2D eigenvalue weighted by atomic mass is 32.2. The first-order valence-corrected chi connectivity index (χ1v) is 6.77. The number of hydrogen-bond acceptors (Lipinski definition) is 4. The first kappa shape index (κ1) is 14.4. The lowest BCUT2D eigenvalue weighted by molar-refractivity contribution is -0.132. The van der Waals surface area contributed by atoms with E-state index in [0.29, 0.717) is 0 Å². The summed E-state index contributed by atoms with van der Waals surface area (Å²) in [5, 5.41) is 7.73. The molecule has 1 amide bonds. The van der Waals surface area contributed by atoms with Crippen LogP contribution in [0.25, 0.3) is 0 Å². The minimum Gasteiger partial charge on any atom is -0.395 e. The fraction of sp³-hybridized carbons (Fsp3) is 0.889. The molecule has 1 atom stereocenters. The van der Waals surface area contributed by atoms with Gasteiger partial charge < -0.3 is 10.0 Å². The molecule has 0 bridgehead atoms. The average molecular weight is 237 g/mol. The van der Waals surface area contributed by atoms with Gasteiger partial charge in [-0.15, -0.1) is 0 Å². The second-order valence-electron chi connectivity index (χ2n) is 3.82. The van der Waals surface area contributed by atoms with Gasteiger partial charge in [0.15, 0.2) is 9.84 Å². The second-order valence-corrected chi connectivity index (χ2v) is 6.19. The van der Waals surface area contributed by atoms with E-state index in [-0.39, 0.29) is 19.2 Å². The van der Waals surface area contributed by atoms with Gasteiger partial charge in [-0.1, -0.05) is 0 Å². The van der Waals surface area contributed by atoms with Crippen LogP contribution in [0.2, 0.25) is 0 Å². The van der Waals surface area contributed by atoms with Gasteiger partial charge in [0, 0.05) is 18.8 Å². The van der Waals surface area contributed by atoms with Crippen LogP contribution in [0.5, 0.6) is 0 Å². The second kappa shape index (κ2) is 5.46. The third kappa shape index (κ3) is 4.17. The molecule has 0 aromatic carbocycles. The van der Waals surface area contributed by atoms with Crippen LogP contribution < -0.4 is 0 Å². The number of hydrogen-bond donors (Lipinski definition) is 1. The maximum absolute atomic E-state index is 11.8. The average Bonchev–Trinajstić information content (AvgIpc) is 2.09. The summed E-state index contributed by atoms with van der Waals surface area (Å²) in [7, 11) is -3.37. The molecular weight excluding hydrogens is 218 g/mol. The van der Waals surface area contributed by atoms with Crippen LogP contribution in [0.3, 0.4) is 0 Å². The lowest BCUT2D eigenvalue weighted by Gasteiger charge is -2.28. The summed E-state index contributed by atoms with van der Waals surface area (Å²) in [5.74, 6) is -0.457. The van der Waals surface area contributed by atoms with E-state index in [9.17, 15) is 13.2 Å². The molecular formula is C9H19NO4S. The topological polar surface area (TPSA) is 74.7 Å². The number of aliphatic hydroxyl groups is 1. The summed E-state index contributed by atoms with van der Waals surface area (Å²) in [6.07, 6.45) is 1.03. The molecule has 0 saturated heterocycles. The highest BCUT2D eigenvalue weighted by Gasteiger charge is 2.29. The van der Waals surface area contributed by atoms with E-state index in [2.05, 4.69) is 0 Å². The number of sulfone groups is 1. The van der Waals surface area contributed by atoms with Crippen LogP contribution in [0.4, 0.5) is 0 Å². The molecule has 0 aliphatic heterocycles. The molecule has 0 spiro atoms. The molecule has 6 heteroatoms. The van der Waals surface area contributed by atoms with E-state index < -0.39 is 21.0 Å². The number of carbonyl (C=O) groups is 1. The summed E-state index contributed by atoms with van der Waals surface area (Å²) in [4.78, 5) is 13.1. The monoisotopic (exact) mass is 237 g/mol. The van der Waals surface area contributed by atoms with Crippen LogP contribution in [0, 0.1) is 0 Å². The zero-order valence-corrected chi connectivity index (χ0v) is 10.4. The van der Waals surface area contributed by atoms with E-state index in [0.717, 1.165) is 6.26 Å². The third-order valence-corrected chi connectivity index (χ3v) is 3.72. The van der Waals surface area contributed by atoms with Gasteiger partial charge in [-0.05, 0) is 20.8 Å². The maximum Gasteiger partial charge on any atom is 0.240 e. The lowest BCUT2D eigenvalue weighted by Crippen LogP contribution is -2.46. The maximum atomic E-state index is 11.8. The SMILES string of the molecule is CC(C)N(CCO)C(=O)C(C)S(C)(=O)=O. The van der Waals surface area contributed by atoms with E-state index >= 15 is 0 Å². The molecule has 0 heterocycles. The highest BCUT2D eigenvalue weighted by Crippen LogP contribution is 2.07. The van der Waals surface area contributed by atoms with Gasteiger partial charge in [0.1, 0.15) is 5.25 Å². The number of rotatable bonds is 5. The van der Waals surface area contributed by atoms with E-state index in [1.54, 1.807) is 13.8 Å². The smallest absolute Gasteiger partial charge is 0.240 e. The quantitative estimate of drug-likeness (QED) is 0.709. The molecule has 0 aliphatic carbocycles. The minimum absolute atomic E-state index is 0.117. The molecule has 90 valence electrons. The predicted octanol–water partition coefficient (Wildman–Crippen LogP) is -0.351. The summed E-state index contributed by atoms with van der Waals surface area (Å²) in [6, 6.07) is -0.117. The molecule has 0 fully saturated rings. The molecule has 0 aromatic heterocycles. The van der Waals surface area contributed by atoms with Gasteiger partial charge >= 0.3 is 0 Å². The van der Waals surface area contributed by atoms with E-state index in [4.69, 9.17) is 5.11 Å². The van der Waals surface area contributed by atoms with Crippen molar-refractivity contribution in [2.75, 3.05) is 19.4 Å². The third-order valence-electron chi connectivity index (χ3n) is 2.24. The fourth-order valence-electron chi connectivity index (χ4n) is 1.15. The summed E-state index contributed by atoms with van der Waals surface area (Å²) < 4.78 is 22.4. The molecule has 15 heavy (non-hydrogen) atoms. The molecule has 0 aliphatic rings. The lowest BCUT2D eigenvalue weighted by atomic mass is 10.3. The van der Waals surface area contributed by atoms with Crippen LogP contribution in [-0.4, -0.2) is 55.0 Å².